The molecule has 0 spiro atoms. The first kappa shape index (κ1) is 23.7. The van der Waals surface area contributed by atoms with Crippen molar-refractivity contribution in [2.75, 3.05) is 25.0 Å². The fourth-order valence-corrected chi connectivity index (χ4v) is 6.33. The molecule has 1 aromatic rings. The second-order valence-electron chi connectivity index (χ2n) is 9.09. The first-order valence-electron chi connectivity index (χ1n) is 11.7. The monoisotopic (exact) mass is 477 g/mol. The van der Waals surface area contributed by atoms with E-state index in [-0.39, 0.29) is 23.3 Å². The van der Waals surface area contributed by atoms with Crippen molar-refractivity contribution in [1.29, 1.82) is 0 Å². The minimum absolute atomic E-state index is 0.0232. The molecule has 4 rings (SSSR count). The number of nitrogens with one attached hydrogen (secondary N) is 1. The van der Waals surface area contributed by atoms with Crippen LogP contribution in [-0.4, -0.2) is 67.2 Å². The molecule has 0 aromatic heterocycles. The highest BCUT2D eigenvalue weighted by Gasteiger charge is 2.40. The van der Waals surface area contributed by atoms with Crippen LogP contribution in [0.4, 0.5) is 5.69 Å². The molecule has 2 atom stereocenters. The van der Waals surface area contributed by atoms with E-state index in [4.69, 9.17) is 4.74 Å². The summed E-state index contributed by atoms with van der Waals surface area (Å²) in [7, 11) is -3.52. The number of nitrogens with zero attached hydrogens (tertiary/aromatic N) is 2. The molecule has 9 nitrogen and oxygen atoms in total. The van der Waals surface area contributed by atoms with E-state index in [1.807, 2.05) is 0 Å². The van der Waals surface area contributed by atoms with Crippen LogP contribution in [0.5, 0.6) is 0 Å². The van der Waals surface area contributed by atoms with Gasteiger partial charge in [-0.15, -0.1) is 0 Å². The Labute approximate surface area is 194 Å². The minimum atomic E-state index is -3.52. The third kappa shape index (κ3) is 5.22. The normalized spacial score (nSPS) is 23.1. The predicted molar refractivity (Wildman–Crippen MR) is 121 cm³/mol. The van der Waals surface area contributed by atoms with Crippen LogP contribution in [0.25, 0.3) is 0 Å². The van der Waals surface area contributed by atoms with E-state index in [0.29, 0.717) is 25.3 Å². The summed E-state index contributed by atoms with van der Waals surface area (Å²) >= 11 is 0. The number of carbonyl (C=O) groups excluding carboxylic acids is 3. The summed E-state index contributed by atoms with van der Waals surface area (Å²) in [5.74, 6) is -1.64. The quantitative estimate of drug-likeness (QED) is 0.602. The van der Waals surface area contributed by atoms with Gasteiger partial charge in [0.05, 0.1) is 10.8 Å². The number of sulfonamides is 1. The standard InChI is InChI=1S/C23H31N3O6S/c1-16(32-23(29)17-14-21(27)26(15-17)19-6-2-3-7-19)22(28)24-18-8-10-20(11-9-18)33(30,31)25-12-4-5-13-25/h8-11,16-17,19H,2-7,12-15H2,1H3,(H,24,28). The van der Waals surface area contributed by atoms with Gasteiger partial charge in [-0.2, -0.15) is 4.31 Å². The van der Waals surface area contributed by atoms with Gasteiger partial charge in [-0.05, 0) is 56.9 Å². The fraction of sp³-hybridized carbons (Fsp3) is 0.609. The Morgan fingerprint density at radius 2 is 1.70 bits per heavy atom. The van der Waals surface area contributed by atoms with Crippen molar-refractivity contribution in [3.05, 3.63) is 24.3 Å². The number of carbonyl (C=O) groups is 3. The van der Waals surface area contributed by atoms with Crippen molar-refractivity contribution in [3.8, 4) is 0 Å². The number of esters is 1. The molecule has 2 amide bonds. The first-order valence-corrected chi connectivity index (χ1v) is 13.1. The molecule has 2 aliphatic heterocycles. The second kappa shape index (κ2) is 9.80. The summed E-state index contributed by atoms with van der Waals surface area (Å²) in [6.45, 7) is 2.87. The number of rotatable bonds is 7. The van der Waals surface area contributed by atoms with E-state index in [9.17, 15) is 22.8 Å². The van der Waals surface area contributed by atoms with Crippen molar-refractivity contribution in [3.63, 3.8) is 0 Å². The highest BCUT2D eigenvalue weighted by molar-refractivity contribution is 7.89. The molecule has 1 saturated carbocycles. The lowest BCUT2D eigenvalue weighted by Gasteiger charge is -2.24. The van der Waals surface area contributed by atoms with Crippen LogP contribution in [0.15, 0.2) is 29.2 Å². The van der Waals surface area contributed by atoms with Crippen molar-refractivity contribution >= 4 is 33.5 Å². The van der Waals surface area contributed by atoms with Crippen molar-refractivity contribution in [1.82, 2.24) is 9.21 Å². The molecule has 1 N–H and O–H groups in total. The molecule has 1 aromatic carbocycles. The summed E-state index contributed by atoms with van der Waals surface area (Å²) in [6, 6.07) is 6.17. The molecular weight excluding hydrogens is 446 g/mol. The highest BCUT2D eigenvalue weighted by Crippen LogP contribution is 2.30. The van der Waals surface area contributed by atoms with Crippen LogP contribution < -0.4 is 5.32 Å². The summed E-state index contributed by atoms with van der Waals surface area (Å²) < 4.78 is 32.0. The number of hydrogen-bond acceptors (Lipinski definition) is 6. The van der Waals surface area contributed by atoms with Gasteiger partial charge < -0.3 is 15.0 Å². The maximum atomic E-state index is 12.6. The molecule has 3 fully saturated rings. The van der Waals surface area contributed by atoms with Gasteiger partial charge in [0.25, 0.3) is 5.91 Å². The van der Waals surface area contributed by atoms with E-state index < -0.39 is 33.9 Å². The lowest BCUT2D eigenvalue weighted by molar-refractivity contribution is -0.157. The van der Waals surface area contributed by atoms with Crippen molar-refractivity contribution in [2.45, 2.75) is 68.9 Å². The van der Waals surface area contributed by atoms with E-state index in [1.54, 1.807) is 4.90 Å². The van der Waals surface area contributed by atoms with Gasteiger partial charge in [-0.25, -0.2) is 8.42 Å². The van der Waals surface area contributed by atoms with E-state index >= 15 is 0 Å². The largest absolute Gasteiger partial charge is 0.452 e. The Balaban J connectivity index is 1.29. The molecule has 10 heteroatoms. The van der Waals surface area contributed by atoms with Gasteiger partial charge in [0.15, 0.2) is 6.10 Å². The smallest absolute Gasteiger partial charge is 0.312 e. The maximum absolute atomic E-state index is 12.6. The average Bonchev–Trinajstić information content (AvgIpc) is 3.55. The Morgan fingerprint density at radius 3 is 2.33 bits per heavy atom. The summed E-state index contributed by atoms with van der Waals surface area (Å²) in [6.07, 6.45) is 4.96. The maximum Gasteiger partial charge on any atom is 0.312 e. The number of anilines is 1. The molecule has 180 valence electrons. The summed E-state index contributed by atoms with van der Waals surface area (Å²) in [5, 5.41) is 2.65. The van der Waals surface area contributed by atoms with Crippen LogP contribution in [-0.2, 0) is 29.1 Å². The Hall–Kier alpha value is -2.46. The topological polar surface area (TPSA) is 113 Å². The van der Waals surface area contributed by atoms with E-state index in [0.717, 1.165) is 38.5 Å². The van der Waals surface area contributed by atoms with Gasteiger partial charge in [-0.1, -0.05) is 12.8 Å². The van der Waals surface area contributed by atoms with Crippen molar-refractivity contribution in [2.24, 2.45) is 5.92 Å². The van der Waals surface area contributed by atoms with Gasteiger partial charge in [0, 0.05) is 37.8 Å². The number of ether oxygens (including phenoxy) is 1. The molecular formula is C23H31N3O6S. The van der Waals surface area contributed by atoms with E-state index in [2.05, 4.69) is 5.32 Å². The van der Waals surface area contributed by atoms with Crippen LogP contribution >= 0.6 is 0 Å². The van der Waals surface area contributed by atoms with Crippen LogP contribution in [0, 0.1) is 5.92 Å². The zero-order valence-corrected chi connectivity index (χ0v) is 19.7. The zero-order chi connectivity index (χ0) is 23.6. The second-order valence-corrected chi connectivity index (χ2v) is 11.0. The molecule has 3 aliphatic rings. The molecule has 0 bridgehead atoms. The van der Waals surface area contributed by atoms with Crippen molar-refractivity contribution < 1.29 is 27.5 Å². The highest BCUT2D eigenvalue weighted by atomic mass is 32.2. The number of benzene rings is 1. The van der Waals surface area contributed by atoms with Gasteiger partial charge >= 0.3 is 5.97 Å². The molecule has 0 radical (unpaired) electrons. The molecule has 2 unspecified atom stereocenters. The van der Waals surface area contributed by atoms with Gasteiger partial charge in [0.2, 0.25) is 15.9 Å². The Morgan fingerprint density at radius 1 is 1.06 bits per heavy atom. The SMILES string of the molecule is CC(OC(=O)C1CC(=O)N(C2CCCC2)C1)C(=O)Nc1ccc(S(=O)(=O)N2CCCC2)cc1. The third-order valence-corrected chi connectivity index (χ3v) is 8.66. The first-order chi connectivity index (χ1) is 15.8. The summed E-state index contributed by atoms with van der Waals surface area (Å²) in [5.41, 5.74) is 0.409. The van der Waals surface area contributed by atoms with Crippen LogP contribution in [0.1, 0.15) is 51.9 Å². The summed E-state index contributed by atoms with van der Waals surface area (Å²) in [4.78, 5) is 39.3. The number of amides is 2. The van der Waals surface area contributed by atoms with Crippen LogP contribution in [0.2, 0.25) is 0 Å². The number of hydrogen-bond donors (Lipinski definition) is 1. The average molecular weight is 478 g/mol. The fourth-order valence-electron chi connectivity index (χ4n) is 4.81. The molecule has 33 heavy (non-hydrogen) atoms. The molecule has 2 saturated heterocycles. The lowest BCUT2D eigenvalue weighted by Crippen LogP contribution is -2.36. The Bertz CT molecular complexity index is 998. The van der Waals surface area contributed by atoms with Crippen LogP contribution in [0.3, 0.4) is 0 Å². The number of likely N-dealkylation sites (tertiary alicyclic amines) is 1. The minimum Gasteiger partial charge on any atom is -0.452 e. The zero-order valence-electron chi connectivity index (χ0n) is 18.9. The predicted octanol–water partition coefficient (Wildman–Crippen LogP) is 2.13. The third-order valence-electron chi connectivity index (χ3n) is 6.74. The molecule has 1 aliphatic carbocycles. The molecule has 2 heterocycles. The Kier molecular flexibility index (Phi) is 7.04. The van der Waals surface area contributed by atoms with Gasteiger partial charge in [-0.3, -0.25) is 14.4 Å². The van der Waals surface area contributed by atoms with E-state index in [1.165, 1.54) is 35.5 Å². The lowest BCUT2D eigenvalue weighted by atomic mass is 10.1. The van der Waals surface area contributed by atoms with Gasteiger partial charge in [0.1, 0.15) is 0 Å².